The SMILES string of the molecule is C/C(=C\c1ccccc1)c1ccccc1N. The normalized spacial score (nSPS) is 11.4. The summed E-state index contributed by atoms with van der Waals surface area (Å²) in [6, 6.07) is 18.2. The van der Waals surface area contributed by atoms with E-state index in [1.807, 2.05) is 42.5 Å². The molecule has 0 aliphatic carbocycles. The summed E-state index contributed by atoms with van der Waals surface area (Å²) in [6.07, 6.45) is 2.14. The van der Waals surface area contributed by atoms with Crippen LogP contribution in [0.1, 0.15) is 18.1 Å². The molecule has 0 aliphatic rings. The van der Waals surface area contributed by atoms with Gasteiger partial charge in [0.2, 0.25) is 0 Å². The number of benzene rings is 2. The van der Waals surface area contributed by atoms with E-state index < -0.39 is 0 Å². The number of hydrogen-bond acceptors (Lipinski definition) is 1. The largest absolute Gasteiger partial charge is 0.398 e. The van der Waals surface area contributed by atoms with Crippen LogP contribution < -0.4 is 5.73 Å². The molecule has 16 heavy (non-hydrogen) atoms. The van der Waals surface area contributed by atoms with Crippen LogP contribution in [0.4, 0.5) is 5.69 Å². The van der Waals surface area contributed by atoms with E-state index in [-0.39, 0.29) is 0 Å². The lowest BCUT2D eigenvalue weighted by Crippen LogP contribution is -1.90. The topological polar surface area (TPSA) is 26.0 Å². The molecular formula is C15H15N. The summed E-state index contributed by atoms with van der Waals surface area (Å²) in [6.45, 7) is 2.08. The van der Waals surface area contributed by atoms with Gasteiger partial charge in [-0.05, 0) is 24.1 Å². The Bertz CT molecular complexity index is 498. The van der Waals surface area contributed by atoms with Crippen molar-refractivity contribution < 1.29 is 0 Å². The van der Waals surface area contributed by atoms with Gasteiger partial charge >= 0.3 is 0 Å². The van der Waals surface area contributed by atoms with Gasteiger partial charge in [-0.25, -0.2) is 0 Å². The van der Waals surface area contributed by atoms with Gasteiger partial charge < -0.3 is 5.73 Å². The number of rotatable bonds is 2. The molecule has 2 N–H and O–H groups in total. The van der Waals surface area contributed by atoms with Gasteiger partial charge in [-0.15, -0.1) is 0 Å². The number of hydrogen-bond donors (Lipinski definition) is 1. The first-order valence-electron chi connectivity index (χ1n) is 5.35. The maximum Gasteiger partial charge on any atom is 0.0390 e. The van der Waals surface area contributed by atoms with Crippen LogP contribution in [0.25, 0.3) is 11.6 Å². The van der Waals surface area contributed by atoms with E-state index in [9.17, 15) is 0 Å². The summed E-state index contributed by atoms with van der Waals surface area (Å²) >= 11 is 0. The molecule has 80 valence electrons. The van der Waals surface area contributed by atoms with Crippen molar-refractivity contribution >= 4 is 17.3 Å². The highest BCUT2D eigenvalue weighted by molar-refractivity contribution is 5.84. The molecule has 0 aliphatic heterocycles. The Balaban J connectivity index is 2.36. The quantitative estimate of drug-likeness (QED) is 0.590. The molecule has 0 fully saturated rings. The Morgan fingerprint density at radius 1 is 0.938 bits per heavy atom. The van der Waals surface area contributed by atoms with Gasteiger partial charge in [0.1, 0.15) is 0 Å². The van der Waals surface area contributed by atoms with Gasteiger partial charge in [0.25, 0.3) is 0 Å². The second-order valence-corrected chi connectivity index (χ2v) is 3.83. The van der Waals surface area contributed by atoms with Gasteiger partial charge in [0, 0.05) is 11.3 Å². The highest BCUT2D eigenvalue weighted by atomic mass is 14.6. The van der Waals surface area contributed by atoms with Crippen molar-refractivity contribution in [2.24, 2.45) is 0 Å². The van der Waals surface area contributed by atoms with Crippen molar-refractivity contribution in [1.82, 2.24) is 0 Å². The summed E-state index contributed by atoms with van der Waals surface area (Å²) in [4.78, 5) is 0. The molecule has 2 aromatic rings. The van der Waals surface area contributed by atoms with Gasteiger partial charge in [0.15, 0.2) is 0 Å². The summed E-state index contributed by atoms with van der Waals surface area (Å²) in [5.74, 6) is 0. The van der Waals surface area contributed by atoms with Crippen LogP contribution in [0.5, 0.6) is 0 Å². The Morgan fingerprint density at radius 2 is 1.56 bits per heavy atom. The van der Waals surface area contributed by atoms with Crippen LogP contribution in [0.3, 0.4) is 0 Å². The lowest BCUT2D eigenvalue weighted by molar-refractivity contribution is 1.56. The zero-order chi connectivity index (χ0) is 11.4. The number of nitrogen functional groups attached to an aromatic ring is 1. The van der Waals surface area contributed by atoms with E-state index in [0.717, 1.165) is 11.3 Å². The molecule has 0 amide bonds. The molecule has 2 rings (SSSR count). The fourth-order valence-corrected chi connectivity index (χ4v) is 1.73. The van der Waals surface area contributed by atoms with Gasteiger partial charge in [0.05, 0.1) is 0 Å². The van der Waals surface area contributed by atoms with Gasteiger partial charge in [-0.1, -0.05) is 54.6 Å². The first-order chi connectivity index (χ1) is 7.77. The number of allylic oxidation sites excluding steroid dienone is 1. The van der Waals surface area contributed by atoms with Crippen molar-refractivity contribution in [2.75, 3.05) is 5.73 Å². The summed E-state index contributed by atoms with van der Waals surface area (Å²) < 4.78 is 0. The molecule has 0 bridgehead atoms. The highest BCUT2D eigenvalue weighted by Gasteiger charge is 1.99. The monoisotopic (exact) mass is 209 g/mol. The molecule has 0 heterocycles. The predicted octanol–water partition coefficient (Wildman–Crippen LogP) is 3.83. The van der Waals surface area contributed by atoms with Crippen LogP contribution in [0.15, 0.2) is 54.6 Å². The zero-order valence-electron chi connectivity index (χ0n) is 9.35. The Kier molecular flexibility index (Phi) is 3.06. The third-order valence-electron chi connectivity index (χ3n) is 2.57. The van der Waals surface area contributed by atoms with E-state index >= 15 is 0 Å². The predicted molar refractivity (Wildman–Crippen MR) is 70.8 cm³/mol. The van der Waals surface area contributed by atoms with Crippen LogP contribution in [0, 0.1) is 0 Å². The third kappa shape index (κ3) is 2.31. The molecule has 0 saturated carbocycles. The number of para-hydroxylation sites is 1. The van der Waals surface area contributed by atoms with Crippen molar-refractivity contribution in [3.63, 3.8) is 0 Å². The van der Waals surface area contributed by atoms with E-state index in [1.54, 1.807) is 0 Å². The Labute approximate surface area is 96.2 Å². The van der Waals surface area contributed by atoms with Crippen LogP contribution in [-0.2, 0) is 0 Å². The fourth-order valence-electron chi connectivity index (χ4n) is 1.73. The Morgan fingerprint density at radius 3 is 2.25 bits per heavy atom. The molecule has 0 radical (unpaired) electrons. The van der Waals surface area contributed by atoms with Crippen molar-refractivity contribution in [3.8, 4) is 0 Å². The van der Waals surface area contributed by atoms with E-state index in [4.69, 9.17) is 5.73 Å². The number of anilines is 1. The molecule has 0 unspecified atom stereocenters. The number of nitrogens with two attached hydrogens (primary N) is 1. The minimum absolute atomic E-state index is 0.826. The van der Waals surface area contributed by atoms with Crippen LogP contribution in [0.2, 0.25) is 0 Å². The second kappa shape index (κ2) is 4.67. The lowest BCUT2D eigenvalue weighted by atomic mass is 10.0. The third-order valence-corrected chi connectivity index (χ3v) is 2.57. The minimum atomic E-state index is 0.826. The maximum absolute atomic E-state index is 5.93. The summed E-state index contributed by atoms with van der Waals surface area (Å²) in [5.41, 5.74) is 10.2. The molecule has 0 spiro atoms. The highest BCUT2D eigenvalue weighted by Crippen LogP contribution is 2.22. The average Bonchev–Trinajstić information content (AvgIpc) is 2.31. The van der Waals surface area contributed by atoms with Gasteiger partial charge in [-0.2, -0.15) is 0 Å². The minimum Gasteiger partial charge on any atom is -0.398 e. The van der Waals surface area contributed by atoms with Gasteiger partial charge in [-0.3, -0.25) is 0 Å². The fraction of sp³-hybridized carbons (Fsp3) is 0.0667. The van der Waals surface area contributed by atoms with Crippen molar-refractivity contribution in [2.45, 2.75) is 6.92 Å². The van der Waals surface area contributed by atoms with Crippen LogP contribution >= 0.6 is 0 Å². The summed E-state index contributed by atoms with van der Waals surface area (Å²) in [7, 11) is 0. The Hall–Kier alpha value is -2.02. The first-order valence-corrected chi connectivity index (χ1v) is 5.35. The molecule has 1 nitrogen and oxygen atoms in total. The van der Waals surface area contributed by atoms with E-state index in [1.165, 1.54) is 11.1 Å². The molecule has 1 heteroatoms. The van der Waals surface area contributed by atoms with E-state index in [0.29, 0.717) is 0 Å². The molecular weight excluding hydrogens is 194 g/mol. The standard InChI is InChI=1S/C15H15N/c1-12(11-13-7-3-2-4-8-13)14-9-5-6-10-15(14)16/h2-11H,16H2,1H3/b12-11+. The van der Waals surface area contributed by atoms with Crippen LogP contribution in [-0.4, -0.2) is 0 Å². The zero-order valence-corrected chi connectivity index (χ0v) is 9.35. The second-order valence-electron chi connectivity index (χ2n) is 3.83. The molecule has 0 aromatic heterocycles. The summed E-state index contributed by atoms with van der Waals surface area (Å²) in [5, 5.41) is 0. The van der Waals surface area contributed by atoms with Crippen molar-refractivity contribution in [3.05, 3.63) is 65.7 Å². The lowest BCUT2D eigenvalue weighted by Gasteiger charge is -2.05. The van der Waals surface area contributed by atoms with E-state index in [2.05, 4.69) is 25.1 Å². The first kappa shape index (κ1) is 10.5. The maximum atomic E-state index is 5.93. The average molecular weight is 209 g/mol. The van der Waals surface area contributed by atoms with Crippen molar-refractivity contribution in [1.29, 1.82) is 0 Å². The molecule has 0 atom stereocenters. The smallest absolute Gasteiger partial charge is 0.0390 e. The molecule has 0 saturated heterocycles. The molecule has 2 aromatic carbocycles.